The number of carbonyl (C=O) groups excluding carboxylic acids is 1. The molecule has 0 aliphatic carbocycles. The van der Waals surface area contributed by atoms with Gasteiger partial charge in [0.15, 0.2) is 5.58 Å². The smallest absolute Gasteiger partial charge is 0.228 e. The summed E-state index contributed by atoms with van der Waals surface area (Å²) in [6.45, 7) is 1.70. The van der Waals surface area contributed by atoms with Crippen LogP contribution >= 0.6 is 15.9 Å². The number of nitrogens with zero attached hydrogens (tertiary/aromatic N) is 2. The number of benzene rings is 1. The van der Waals surface area contributed by atoms with Crippen LogP contribution in [0.3, 0.4) is 0 Å². The summed E-state index contributed by atoms with van der Waals surface area (Å²) in [6, 6.07) is 7.65. The monoisotopic (exact) mass is 322 g/mol. The van der Waals surface area contributed by atoms with Crippen LogP contribution in [0.2, 0.25) is 0 Å². The first-order chi connectivity index (χ1) is 9.28. The first-order valence-electron chi connectivity index (χ1n) is 6.45. The molecule has 1 aliphatic rings. The van der Waals surface area contributed by atoms with Gasteiger partial charge in [0.2, 0.25) is 5.91 Å². The molecular formula is C14H15BrN2O2. The van der Waals surface area contributed by atoms with Gasteiger partial charge in [0.05, 0.1) is 6.42 Å². The fourth-order valence-corrected chi connectivity index (χ4v) is 3.03. The molecule has 2 heterocycles. The fourth-order valence-electron chi connectivity index (χ4n) is 2.51. The van der Waals surface area contributed by atoms with Crippen molar-refractivity contribution in [2.45, 2.75) is 12.8 Å². The van der Waals surface area contributed by atoms with Crippen LogP contribution in [-0.4, -0.2) is 34.4 Å². The number of amides is 1. The van der Waals surface area contributed by atoms with Crippen LogP contribution < -0.4 is 0 Å². The van der Waals surface area contributed by atoms with E-state index in [0.717, 1.165) is 41.5 Å². The molecule has 1 fully saturated rings. The van der Waals surface area contributed by atoms with E-state index in [-0.39, 0.29) is 5.91 Å². The summed E-state index contributed by atoms with van der Waals surface area (Å²) in [6.07, 6.45) is 1.41. The molecule has 5 heteroatoms. The highest BCUT2D eigenvalue weighted by molar-refractivity contribution is 9.09. The lowest BCUT2D eigenvalue weighted by atomic mass is 10.1. The Morgan fingerprint density at radius 3 is 3.11 bits per heavy atom. The predicted molar refractivity (Wildman–Crippen MR) is 76.2 cm³/mol. The lowest BCUT2D eigenvalue weighted by Gasteiger charge is -2.15. The van der Waals surface area contributed by atoms with Gasteiger partial charge >= 0.3 is 0 Å². The molecule has 2 aromatic rings. The third kappa shape index (κ3) is 2.52. The first kappa shape index (κ1) is 12.7. The summed E-state index contributed by atoms with van der Waals surface area (Å²) < 4.78 is 5.23. The molecule has 1 aliphatic heterocycles. The average molecular weight is 323 g/mol. The molecule has 1 unspecified atom stereocenters. The van der Waals surface area contributed by atoms with E-state index in [1.807, 2.05) is 29.2 Å². The Hall–Kier alpha value is -1.36. The number of likely N-dealkylation sites (tertiary alicyclic amines) is 1. The third-order valence-electron chi connectivity index (χ3n) is 3.63. The normalized spacial score (nSPS) is 19.2. The van der Waals surface area contributed by atoms with Crippen LogP contribution in [0.5, 0.6) is 0 Å². The zero-order valence-electron chi connectivity index (χ0n) is 10.5. The highest BCUT2D eigenvalue weighted by atomic mass is 79.9. The average Bonchev–Trinajstić information content (AvgIpc) is 3.06. The molecule has 19 heavy (non-hydrogen) atoms. The number of fused-ring (bicyclic) bond motifs is 1. The van der Waals surface area contributed by atoms with Crippen molar-refractivity contribution in [1.29, 1.82) is 0 Å². The lowest BCUT2D eigenvalue weighted by Crippen LogP contribution is -2.30. The Labute approximate surface area is 119 Å². The van der Waals surface area contributed by atoms with Crippen molar-refractivity contribution in [2.75, 3.05) is 18.4 Å². The molecule has 0 bridgehead atoms. The topological polar surface area (TPSA) is 46.3 Å². The Morgan fingerprint density at radius 1 is 1.47 bits per heavy atom. The van der Waals surface area contributed by atoms with Crippen LogP contribution in [0, 0.1) is 5.92 Å². The first-order valence-corrected chi connectivity index (χ1v) is 7.57. The summed E-state index contributed by atoms with van der Waals surface area (Å²) in [5.74, 6) is 0.723. The van der Waals surface area contributed by atoms with E-state index in [1.54, 1.807) is 0 Å². The number of hydrogen-bond acceptors (Lipinski definition) is 3. The van der Waals surface area contributed by atoms with Gasteiger partial charge in [-0.05, 0) is 24.5 Å². The second-order valence-corrected chi connectivity index (χ2v) is 5.60. The lowest BCUT2D eigenvalue weighted by molar-refractivity contribution is -0.129. The molecule has 1 aromatic heterocycles. The zero-order chi connectivity index (χ0) is 13.2. The van der Waals surface area contributed by atoms with Crippen LogP contribution in [0.4, 0.5) is 0 Å². The number of aromatic nitrogens is 1. The largest absolute Gasteiger partial charge is 0.356 e. The quantitative estimate of drug-likeness (QED) is 0.816. The van der Waals surface area contributed by atoms with E-state index in [1.165, 1.54) is 0 Å². The van der Waals surface area contributed by atoms with Gasteiger partial charge in [0, 0.05) is 23.8 Å². The van der Waals surface area contributed by atoms with E-state index in [2.05, 4.69) is 21.1 Å². The van der Waals surface area contributed by atoms with Crippen LogP contribution in [0.25, 0.3) is 11.0 Å². The van der Waals surface area contributed by atoms with Crippen LogP contribution in [0.1, 0.15) is 12.1 Å². The second-order valence-electron chi connectivity index (χ2n) is 4.95. The molecular weight excluding hydrogens is 308 g/mol. The summed E-state index contributed by atoms with van der Waals surface area (Å²) >= 11 is 3.48. The standard InChI is InChI=1S/C14H15BrN2O2/c15-8-10-5-6-17(9-10)14(18)7-12-11-3-1-2-4-13(11)19-16-12/h1-4,10H,5-9H2. The minimum atomic E-state index is 0.141. The molecule has 0 saturated carbocycles. The molecule has 0 spiro atoms. The van der Waals surface area contributed by atoms with Crippen LogP contribution in [0.15, 0.2) is 28.8 Å². The molecule has 0 radical (unpaired) electrons. The van der Waals surface area contributed by atoms with Crippen molar-refractivity contribution in [3.63, 3.8) is 0 Å². The number of halogens is 1. The molecule has 0 N–H and O–H groups in total. The molecule has 3 rings (SSSR count). The summed E-state index contributed by atoms with van der Waals surface area (Å²) in [5.41, 5.74) is 1.48. The van der Waals surface area contributed by atoms with Gasteiger partial charge in [0.25, 0.3) is 0 Å². The number of alkyl halides is 1. The maximum Gasteiger partial charge on any atom is 0.228 e. The van der Waals surface area contributed by atoms with E-state index in [9.17, 15) is 4.79 Å². The minimum absolute atomic E-state index is 0.141. The predicted octanol–water partition coefficient (Wildman–Crippen LogP) is 2.61. The van der Waals surface area contributed by atoms with Crippen molar-refractivity contribution in [2.24, 2.45) is 5.92 Å². The number of rotatable bonds is 3. The number of hydrogen-bond donors (Lipinski definition) is 0. The molecule has 4 nitrogen and oxygen atoms in total. The van der Waals surface area contributed by atoms with Gasteiger partial charge in [-0.3, -0.25) is 4.79 Å². The summed E-state index contributed by atoms with van der Waals surface area (Å²) in [7, 11) is 0. The van der Waals surface area contributed by atoms with E-state index in [0.29, 0.717) is 12.3 Å². The minimum Gasteiger partial charge on any atom is -0.356 e. The SMILES string of the molecule is O=C(Cc1noc2ccccc12)N1CCC(CBr)C1. The molecule has 1 atom stereocenters. The molecule has 1 saturated heterocycles. The molecule has 100 valence electrons. The van der Waals surface area contributed by atoms with E-state index in [4.69, 9.17) is 4.52 Å². The van der Waals surface area contributed by atoms with Gasteiger partial charge in [-0.25, -0.2) is 0 Å². The van der Waals surface area contributed by atoms with Crippen molar-refractivity contribution in [3.8, 4) is 0 Å². The van der Waals surface area contributed by atoms with E-state index < -0.39 is 0 Å². The summed E-state index contributed by atoms with van der Waals surface area (Å²) in [4.78, 5) is 14.2. The molecule has 1 amide bonds. The van der Waals surface area contributed by atoms with Gasteiger partial charge in [-0.1, -0.05) is 33.2 Å². The van der Waals surface area contributed by atoms with Gasteiger partial charge < -0.3 is 9.42 Å². The maximum atomic E-state index is 12.2. The number of carbonyl (C=O) groups is 1. The van der Waals surface area contributed by atoms with Crippen molar-refractivity contribution >= 4 is 32.8 Å². The number of para-hydroxylation sites is 1. The Bertz CT molecular complexity index is 596. The van der Waals surface area contributed by atoms with Crippen molar-refractivity contribution in [1.82, 2.24) is 10.1 Å². The zero-order valence-corrected chi connectivity index (χ0v) is 12.1. The Morgan fingerprint density at radius 2 is 2.32 bits per heavy atom. The Balaban J connectivity index is 1.73. The highest BCUT2D eigenvalue weighted by Crippen LogP contribution is 2.22. The van der Waals surface area contributed by atoms with Crippen molar-refractivity contribution < 1.29 is 9.32 Å². The maximum absolute atomic E-state index is 12.2. The second kappa shape index (κ2) is 5.33. The third-order valence-corrected chi connectivity index (χ3v) is 4.54. The van der Waals surface area contributed by atoms with Gasteiger partial charge in [0.1, 0.15) is 5.69 Å². The molecule has 1 aromatic carbocycles. The fraction of sp³-hybridized carbons (Fsp3) is 0.429. The highest BCUT2D eigenvalue weighted by Gasteiger charge is 2.26. The summed E-state index contributed by atoms with van der Waals surface area (Å²) in [5, 5.41) is 5.91. The van der Waals surface area contributed by atoms with Crippen molar-refractivity contribution in [3.05, 3.63) is 30.0 Å². The van der Waals surface area contributed by atoms with Gasteiger partial charge in [-0.15, -0.1) is 0 Å². The van der Waals surface area contributed by atoms with E-state index >= 15 is 0 Å². The Kier molecular flexibility index (Phi) is 3.55. The van der Waals surface area contributed by atoms with Crippen LogP contribution in [-0.2, 0) is 11.2 Å². The van der Waals surface area contributed by atoms with Gasteiger partial charge in [-0.2, -0.15) is 0 Å².